The molecule has 0 N–H and O–H groups in total. The molecule has 0 bridgehead atoms. The van der Waals surface area contributed by atoms with Gasteiger partial charge in [-0.05, 0) is 72.6 Å². The standard InChI is InChI=1S/C29H38N8O3/c1-18(2)37-17-30-33-26(37)22-11-8-12-24(31-22)36-15-21-20(27(36)38)14-25(35-13-9-10-19(35)3)32-23(21)16-34(7)28(39)40-29(4,5)6/h8,11-12,14,17-19H,9-10,13,15-16H2,1-7H3. The molecule has 0 saturated carbocycles. The molecule has 1 atom stereocenters. The molecule has 40 heavy (non-hydrogen) atoms. The maximum absolute atomic E-state index is 13.9. The van der Waals surface area contributed by atoms with Gasteiger partial charge in [0.25, 0.3) is 5.91 Å². The van der Waals surface area contributed by atoms with Gasteiger partial charge in [-0.2, -0.15) is 0 Å². The Hall–Kier alpha value is -4.02. The van der Waals surface area contributed by atoms with Crippen molar-refractivity contribution in [3.63, 3.8) is 0 Å². The molecular weight excluding hydrogens is 508 g/mol. The highest BCUT2D eigenvalue weighted by molar-refractivity contribution is 6.10. The summed E-state index contributed by atoms with van der Waals surface area (Å²) in [5.41, 5.74) is 2.10. The highest BCUT2D eigenvalue weighted by atomic mass is 16.6. The molecule has 212 valence electrons. The van der Waals surface area contributed by atoms with E-state index in [1.807, 2.05) is 49.6 Å². The van der Waals surface area contributed by atoms with Crippen molar-refractivity contribution in [1.82, 2.24) is 29.6 Å². The van der Waals surface area contributed by atoms with Gasteiger partial charge in [-0.25, -0.2) is 14.8 Å². The predicted molar refractivity (Wildman–Crippen MR) is 152 cm³/mol. The van der Waals surface area contributed by atoms with E-state index >= 15 is 0 Å². The number of fused-ring (bicyclic) bond motifs is 1. The second kappa shape index (κ2) is 10.5. The summed E-state index contributed by atoms with van der Waals surface area (Å²) < 4.78 is 7.52. The maximum atomic E-state index is 13.9. The lowest BCUT2D eigenvalue weighted by atomic mass is 10.1. The highest BCUT2D eigenvalue weighted by Crippen LogP contribution is 2.35. The van der Waals surface area contributed by atoms with E-state index in [2.05, 4.69) is 35.9 Å². The highest BCUT2D eigenvalue weighted by Gasteiger charge is 2.35. The topological polar surface area (TPSA) is 110 Å². The van der Waals surface area contributed by atoms with Crippen molar-refractivity contribution in [2.45, 2.75) is 85.2 Å². The Morgan fingerprint density at radius 2 is 1.98 bits per heavy atom. The summed E-state index contributed by atoms with van der Waals surface area (Å²) in [7, 11) is 1.69. The Bertz CT molecular complexity index is 1430. The number of nitrogens with zero attached hydrogens (tertiary/aromatic N) is 8. The molecule has 1 saturated heterocycles. The third-order valence-corrected chi connectivity index (χ3v) is 7.30. The fourth-order valence-corrected chi connectivity index (χ4v) is 5.22. The van der Waals surface area contributed by atoms with E-state index in [-0.39, 0.29) is 18.5 Å². The van der Waals surface area contributed by atoms with Gasteiger partial charge in [-0.1, -0.05) is 6.07 Å². The van der Waals surface area contributed by atoms with Crippen LogP contribution in [0, 0.1) is 0 Å². The zero-order valence-electron chi connectivity index (χ0n) is 24.4. The van der Waals surface area contributed by atoms with E-state index in [4.69, 9.17) is 14.7 Å². The van der Waals surface area contributed by atoms with E-state index in [1.54, 1.807) is 18.3 Å². The van der Waals surface area contributed by atoms with E-state index < -0.39 is 11.7 Å². The molecule has 0 aliphatic carbocycles. The summed E-state index contributed by atoms with van der Waals surface area (Å²) in [5.74, 6) is 1.80. The third-order valence-electron chi connectivity index (χ3n) is 7.30. The molecule has 1 unspecified atom stereocenters. The summed E-state index contributed by atoms with van der Waals surface area (Å²) in [6.07, 6.45) is 3.40. The number of anilines is 2. The van der Waals surface area contributed by atoms with Crippen LogP contribution in [0.5, 0.6) is 0 Å². The largest absolute Gasteiger partial charge is 0.444 e. The number of amides is 2. The number of hydrogen-bond donors (Lipinski definition) is 0. The van der Waals surface area contributed by atoms with Gasteiger partial charge in [0, 0.05) is 31.2 Å². The Balaban J connectivity index is 1.50. The molecule has 2 aliphatic rings. The lowest BCUT2D eigenvalue weighted by Gasteiger charge is -2.26. The van der Waals surface area contributed by atoms with Crippen LogP contribution in [-0.2, 0) is 17.8 Å². The van der Waals surface area contributed by atoms with Gasteiger partial charge >= 0.3 is 6.09 Å². The smallest absolute Gasteiger partial charge is 0.410 e. The first-order valence-electron chi connectivity index (χ1n) is 13.9. The molecule has 0 radical (unpaired) electrons. The fourth-order valence-electron chi connectivity index (χ4n) is 5.22. The molecule has 11 nitrogen and oxygen atoms in total. The van der Waals surface area contributed by atoms with Crippen LogP contribution in [0.3, 0.4) is 0 Å². The number of aromatic nitrogens is 5. The quantitative estimate of drug-likeness (QED) is 0.432. The minimum absolute atomic E-state index is 0.137. The minimum Gasteiger partial charge on any atom is -0.444 e. The first-order valence-corrected chi connectivity index (χ1v) is 13.9. The number of hydrogen-bond acceptors (Lipinski definition) is 8. The summed E-state index contributed by atoms with van der Waals surface area (Å²) >= 11 is 0. The van der Waals surface area contributed by atoms with Crippen LogP contribution < -0.4 is 9.80 Å². The van der Waals surface area contributed by atoms with E-state index in [0.717, 1.165) is 30.8 Å². The summed E-state index contributed by atoms with van der Waals surface area (Å²) in [6.45, 7) is 13.2. The molecule has 3 aromatic heterocycles. The number of rotatable bonds is 6. The lowest BCUT2D eigenvalue weighted by molar-refractivity contribution is 0.0282. The molecule has 3 aromatic rings. The van der Waals surface area contributed by atoms with Gasteiger partial charge in [-0.3, -0.25) is 9.69 Å². The summed E-state index contributed by atoms with van der Waals surface area (Å²) in [6, 6.07) is 7.96. The molecule has 5 rings (SSSR count). The minimum atomic E-state index is -0.614. The van der Waals surface area contributed by atoms with Crippen LogP contribution in [0.2, 0.25) is 0 Å². The van der Waals surface area contributed by atoms with Gasteiger partial charge in [-0.15, -0.1) is 10.2 Å². The van der Waals surface area contributed by atoms with Crippen LogP contribution in [0.1, 0.15) is 82.0 Å². The summed E-state index contributed by atoms with van der Waals surface area (Å²) in [4.78, 5) is 41.9. The van der Waals surface area contributed by atoms with Crippen molar-refractivity contribution in [1.29, 1.82) is 0 Å². The zero-order chi connectivity index (χ0) is 28.8. The van der Waals surface area contributed by atoms with Gasteiger partial charge < -0.3 is 19.1 Å². The predicted octanol–water partition coefficient (Wildman–Crippen LogP) is 4.83. The van der Waals surface area contributed by atoms with Crippen molar-refractivity contribution < 1.29 is 14.3 Å². The van der Waals surface area contributed by atoms with Crippen LogP contribution in [0.15, 0.2) is 30.6 Å². The van der Waals surface area contributed by atoms with Crippen LogP contribution >= 0.6 is 0 Å². The number of ether oxygens (including phenoxy) is 1. The first kappa shape index (κ1) is 27.5. The molecule has 11 heteroatoms. The van der Waals surface area contributed by atoms with E-state index in [1.165, 1.54) is 4.90 Å². The maximum Gasteiger partial charge on any atom is 0.410 e. The second-order valence-corrected chi connectivity index (χ2v) is 11.9. The second-order valence-electron chi connectivity index (χ2n) is 11.9. The fraction of sp³-hybridized carbons (Fsp3) is 0.517. The lowest BCUT2D eigenvalue weighted by Crippen LogP contribution is -2.34. The molecule has 1 fully saturated rings. The average molecular weight is 547 g/mol. The van der Waals surface area contributed by atoms with E-state index in [9.17, 15) is 9.59 Å². The normalized spacial score (nSPS) is 17.1. The third kappa shape index (κ3) is 5.37. The Morgan fingerprint density at radius 1 is 1.20 bits per heavy atom. The number of carbonyl (C=O) groups excluding carboxylic acids is 2. The monoisotopic (exact) mass is 546 g/mol. The molecule has 0 spiro atoms. The average Bonchev–Trinajstić information content (AvgIpc) is 3.62. The van der Waals surface area contributed by atoms with Crippen molar-refractivity contribution in [3.8, 4) is 11.5 Å². The molecule has 5 heterocycles. The number of carbonyl (C=O) groups is 2. The molecule has 2 aliphatic heterocycles. The van der Waals surface area contributed by atoms with Crippen molar-refractivity contribution >= 4 is 23.6 Å². The van der Waals surface area contributed by atoms with Gasteiger partial charge in [0.05, 0.1) is 24.3 Å². The SMILES string of the molecule is CC1CCCN1c1cc2c(c(CN(C)C(=O)OC(C)(C)C)n1)CN(c1cccc(-c3nncn3C(C)C)n1)C2=O. The van der Waals surface area contributed by atoms with Crippen molar-refractivity contribution in [3.05, 3.63) is 47.4 Å². The first-order chi connectivity index (χ1) is 18.9. The zero-order valence-corrected chi connectivity index (χ0v) is 24.4. The molecule has 0 aromatic carbocycles. The van der Waals surface area contributed by atoms with Gasteiger partial charge in [0.2, 0.25) is 0 Å². The Labute approximate surface area is 235 Å². The molecular formula is C29H38N8O3. The summed E-state index contributed by atoms with van der Waals surface area (Å²) in [5, 5.41) is 8.33. The van der Waals surface area contributed by atoms with Crippen LogP contribution in [0.25, 0.3) is 11.5 Å². The van der Waals surface area contributed by atoms with Crippen LogP contribution in [0.4, 0.5) is 16.4 Å². The number of pyridine rings is 2. The van der Waals surface area contributed by atoms with Gasteiger partial charge in [0.1, 0.15) is 29.3 Å². The van der Waals surface area contributed by atoms with E-state index in [0.29, 0.717) is 41.2 Å². The Morgan fingerprint density at radius 3 is 2.65 bits per heavy atom. The van der Waals surface area contributed by atoms with Crippen molar-refractivity contribution in [2.24, 2.45) is 0 Å². The Kier molecular flexibility index (Phi) is 7.24. The van der Waals surface area contributed by atoms with Crippen molar-refractivity contribution in [2.75, 3.05) is 23.4 Å². The van der Waals surface area contributed by atoms with Crippen LogP contribution in [-0.4, -0.2) is 66.9 Å². The van der Waals surface area contributed by atoms with Gasteiger partial charge in [0.15, 0.2) is 5.82 Å². The molecule has 2 amide bonds.